The lowest BCUT2D eigenvalue weighted by molar-refractivity contribution is 0.114. The molecule has 244 valence electrons. The largest absolute Gasteiger partial charge is 0.497 e. The zero-order valence-corrected chi connectivity index (χ0v) is 28.5. The number of rotatable bonds is 11. The Kier molecular flexibility index (Phi) is 10.2. The highest BCUT2D eigenvalue weighted by molar-refractivity contribution is 7.89. The lowest BCUT2D eigenvalue weighted by Crippen LogP contribution is -2.48. The molecule has 0 bridgehead atoms. The molecule has 1 spiro atoms. The van der Waals surface area contributed by atoms with Gasteiger partial charge in [-0.15, -0.1) is 0 Å². The number of anilines is 1. The molecule has 3 fully saturated rings. The summed E-state index contributed by atoms with van der Waals surface area (Å²) < 4.78 is 34.9. The molecule has 45 heavy (non-hydrogen) atoms. The number of aryl methyl sites for hydroxylation is 2. The summed E-state index contributed by atoms with van der Waals surface area (Å²) in [7, 11) is -0.121. The number of aliphatic imine (C=N–C) groups is 1. The van der Waals surface area contributed by atoms with Crippen LogP contribution in [0.25, 0.3) is 0 Å². The van der Waals surface area contributed by atoms with Crippen LogP contribution in [0.4, 0.5) is 5.69 Å². The number of benzene rings is 1. The maximum absolute atomic E-state index is 13.9. The van der Waals surface area contributed by atoms with Crippen LogP contribution in [-0.4, -0.2) is 92.8 Å². The highest BCUT2D eigenvalue weighted by Crippen LogP contribution is 2.42. The molecule has 0 amide bonds. The molecule has 0 N–H and O–H groups in total. The Balaban J connectivity index is 1.20. The molecule has 1 aliphatic carbocycles. The van der Waals surface area contributed by atoms with E-state index in [-0.39, 0.29) is 6.04 Å². The first kappa shape index (κ1) is 33.0. The average molecular weight is 635 g/mol. The fraction of sp³-hybridized carbons (Fsp3) is 0.543. The summed E-state index contributed by atoms with van der Waals surface area (Å²) in [5.41, 5.74) is 3.08. The highest BCUT2D eigenvalue weighted by Gasteiger charge is 2.40. The fourth-order valence-corrected chi connectivity index (χ4v) is 8.97. The van der Waals surface area contributed by atoms with Crippen LogP contribution in [0.5, 0.6) is 5.75 Å². The minimum atomic E-state index is -3.67. The number of ether oxygens (including phenoxy) is 1. The van der Waals surface area contributed by atoms with Gasteiger partial charge < -0.3 is 19.4 Å². The number of likely N-dealkylation sites (N-methyl/N-ethyl adjacent to an activating group) is 1. The average Bonchev–Trinajstić information content (AvgIpc) is 3.86. The Hall–Kier alpha value is -3.37. The number of sulfonamides is 1. The third-order valence-electron chi connectivity index (χ3n) is 9.85. The Morgan fingerprint density at radius 2 is 1.67 bits per heavy atom. The van der Waals surface area contributed by atoms with Gasteiger partial charge in [-0.1, -0.05) is 12.7 Å². The van der Waals surface area contributed by atoms with E-state index in [1.807, 2.05) is 51.2 Å². The third kappa shape index (κ3) is 7.55. The first-order valence-corrected chi connectivity index (χ1v) is 17.7. The molecular weight excluding hydrogens is 584 g/mol. The van der Waals surface area contributed by atoms with Crippen LogP contribution in [0.2, 0.25) is 0 Å². The predicted molar refractivity (Wildman–Crippen MR) is 182 cm³/mol. The van der Waals surface area contributed by atoms with E-state index in [1.54, 1.807) is 23.5 Å². The van der Waals surface area contributed by atoms with Gasteiger partial charge in [-0.05, 0) is 106 Å². The van der Waals surface area contributed by atoms with Crippen LogP contribution in [0.3, 0.4) is 0 Å². The second kappa shape index (κ2) is 14.0. The standard InChI is InChI=1S/C35H50N6O3S/c1-7-8-33(40-21-15-35(16-22-40)13-19-39(20-14-35)30-11-17-36-18-12-30)37-29(4)38(5)23-24-41(31-9-10-31)45(42,43)34-27(2)25-32(44-6)26-28(34)3/h7-8,11-12,17-18,25-26,31H,4,9-10,13-16,19-24H2,1-3,5-6H3/b8-7-,37-33?. The van der Waals surface area contributed by atoms with Crippen molar-refractivity contribution in [3.05, 3.63) is 72.3 Å². The van der Waals surface area contributed by atoms with E-state index in [1.165, 1.54) is 18.5 Å². The molecule has 0 unspecified atom stereocenters. The lowest BCUT2D eigenvalue weighted by Gasteiger charge is -2.47. The van der Waals surface area contributed by atoms with Gasteiger partial charge in [0, 0.05) is 70.4 Å². The molecule has 2 saturated heterocycles. The predicted octanol–water partition coefficient (Wildman–Crippen LogP) is 5.62. The lowest BCUT2D eigenvalue weighted by atomic mass is 9.71. The van der Waals surface area contributed by atoms with E-state index in [0.717, 1.165) is 57.7 Å². The Morgan fingerprint density at radius 1 is 1.07 bits per heavy atom. The van der Waals surface area contributed by atoms with E-state index in [9.17, 15) is 8.42 Å². The van der Waals surface area contributed by atoms with Gasteiger partial charge >= 0.3 is 0 Å². The number of hydrogen-bond donors (Lipinski definition) is 0. The molecule has 10 heteroatoms. The van der Waals surface area contributed by atoms with Crippen LogP contribution < -0.4 is 9.64 Å². The van der Waals surface area contributed by atoms with E-state index >= 15 is 0 Å². The van der Waals surface area contributed by atoms with Crippen molar-refractivity contribution in [3.63, 3.8) is 0 Å². The smallest absolute Gasteiger partial charge is 0.243 e. The van der Waals surface area contributed by atoms with Gasteiger partial charge in [0.15, 0.2) is 0 Å². The quantitative estimate of drug-likeness (QED) is 0.235. The van der Waals surface area contributed by atoms with Crippen molar-refractivity contribution >= 4 is 21.5 Å². The molecule has 2 aliphatic heterocycles. The Labute approximate surface area is 270 Å². The van der Waals surface area contributed by atoms with Crippen molar-refractivity contribution in [1.29, 1.82) is 0 Å². The maximum Gasteiger partial charge on any atom is 0.243 e. The number of hydrogen-bond acceptors (Lipinski definition) is 7. The van der Waals surface area contributed by atoms with Gasteiger partial charge in [0.2, 0.25) is 10.0 Å². The number of piperidine rings is 2. The number of aromatic nitrogens is 1. The van der Waals surface area contributed by atoms with Crippen LogP contribution in [0.15, 0.2) is 71.1 Å². The summed E-state index contributed by atoms with van der Waals surface area (Å²) in [6.45, 7) is 15.0. The summed E-state index contributed by atoms with van der Waals surface area (Å²) in [5.74, 6) is 2.23. The first-order chi connectivity index (χ1) is 21.6. The molecular formula is C35H50N6O3S. The summed E-state index contributed by atoms with van der Waals surface area (Å²) in [6, 6.07) is 7.84. The minimum absolute atomic E-state index is 0.0388. The molecule has 5 rings (SSSR count). The van der Waals surface area contributed by atoms with Crippen molar-refractivity contribution in [2.75, 3.05) is 58.3 Å². The van der Waals surface area contributed by atoms with Crippen molar-refractivity contribution in [2.24, 2.45) is 10.4 Å². The second-order valence-electron chi connectivity index (χ2n) is 12.9. The van der Waals surface area contributed by atoms with Gasteiger partial charge in [-0.2, -0.15) is 4.31 Å². The summed E-state index contributed by atoms with van der Waals surface area (Å²) >= 11 is 0. The molecule has 3 aliphatic rings. The number of amidine groups is 1. The third-order valence-corrected chi connectivity index (χ3v) is 12.1. The van der Waals surface area contributed by atoms with Crippen molar-refractivity contribution in [3.8, 4) is 5.75 Å². The fourth-order valence-electron chi connectivity index (χ4n) is 6.88. The van der Waals surface area contributed by atoms with Gasteiger partial charge in [-0.3, -0.25) is 4.98 Å². The number of allylic oxidation sites excluding steroid dienone is 1. The monoisotopic (exact) mass is 634 g/mol. The number of pyridine rings is 1. The van der Waals surface area contributed by atoms with Crippen LogP contribution in [-0.2, 0) is 10.0 Å². The van der Waals surface area contributed by atoms with Crippen molar-refractivity contribution in [2.45, 2.75) is 70.2 Å². The summed E-state index contributed by atoms with van der Waals surface area (Å²) in [6.07, 6.45) is 14.4. The summed E-state index contributed by atoms with van der Waals surface area (Å²) in [4.78, 5) is 16.4. The maximum atomic E-state index is 13.9. The minimum Gasteiger partial charge on any atom is -0.497 e. The summed E-state index contributed by atoms with van der Waals surface area (Å²) in [5, 5.41) is 0. The van der Waals surface area contributed by atoms with Gasteiger partial charge in [0.05, 0.1) is 12.0 Å². The van der Waals surface area contributed by atoms with E-state index < -0.39 is 10.0 Å². The van der Waals surface area contributed by atoms with E-state index in [4.69, 9.17) is 9.73 Å². The van der Waals surface area contributed by atoms with Gasteiger partial charge in [0.1, 0.15) is 17.4 Å². The molecule has 0 radical (unpaired) electrons. The number of methoxy groups -OCH3 is 1. The van der Waals surface area contributed by atoms with E-state index in [0.29, 0.717) is 46.1 Å². The SMILES string of the molecule is C=C(N=C(/C=C\C)N1CCC2(CC1)CCN(c1ccncc1)CC2)N(C)CCN(C1CC1)S(=O)(=O)c1c(C)cc(OC)cc1C. The van der Waals surface area contributed by atoms with Crippen molar-refractivity contribution in [1.82, 2.24) is 19.1 Å². The Morgan fingerprint density at radius 3 is 2.22 bits per heavy atom. The normalized spacial score (nSPS) is 19.0. The van der Waals surface area contributed by atoms with Crippen molar-refractivity contribution < 1.29 is 13.2 Å². The topological polar surface area (TPSA) is 81.6 Å². The Bertz CT molecular complexity index is 1480. The molecule has 2 aromatic rings. The molecule has 1 aromatic heterocycles. The molecule has 9 nitrogen and oxygen atoms in total. The van der Waals surface area contributed by atoms with Crippen LogP contribution in [0.1, 0.15) is 56.6 Å². The first-order valence-electron chi connectivity index (χ1n) is 16.3. The van der Waals surface area contributed by atoms with E-state index in [2.05, 4.69) is 39.6 Å². The molecule has 3 heterocycles. The zero-order chi connectivity index (χ0) is 32.2. The zero-order valence-electron chi connectivity index (χ0n) is 27.7. The molecule has 1 saturated carbocycles. The molecule has 0 atom stereocenters. The van der Waals surface area contributed by atoms with Gasteiger partial charge in [-0.25, -0.2) is 13.4 Å². The number of nitrogens with zero attached hydrogens (tertiary/aromatic N) is 6. The molecule has 1 aromatic carbocycles. The number of likely N-dealkylation sites (tertiary alicyclic amines) is 1. The second-order valence-corrected chi connectivity index (χ2v) is 14.8. The highest BCUT2D eigenvalue weighted by atomic mass is 32.2. The van der Waals surface area contributed by atoms with Crippen LogP contribution >= 0.6 is 0 Å². The van der Waals surface area contributed by atoms with Crippen LogP contribution in [0, 0.1) is 19.3 Å². The van der Waals surface area contributed by atoms with Gasteiger partial charge in [0.25, 0.3) is 0 Å².